The first-order valence-electron chi connectivity index (χ1n) is 35.0. The van der Waals surface area contributed by atoms with Crippen LogP contribution in [0.25, 0.3) is 33.4 Å². The number of rotatable bonds is 39. The lowest BCUT2D eigenvalue weighted by atomic mass is 9.90. The summed E-state index contributed by atoms with van der Waals surface area (Å²) in [5, 5.41) is 68.7. The summed E-state index contributed by atoms with van der Waals surface area (Å²) in [4.78, 5) is 162. The van der Waals surface area contributed by atoms with Gasteiger partial charge in [-0.25, -0.2) is 4.79 Å². The van der Waals surface area contributed by atoms with Gasteiger partial charge in [-0.1, -0.05) is 86.5 Å². The highest BCUT2D eigenvalue weighted by Crippen LogP contribution is 2.42. The van der Waals surface area contributed by atoms with Gasteiger partial charge >= 0.3 is 11.9 Å². The van der Waals surface area contributed by atoms with E-state index in [1.54, 1.807) is 79.7 Å². The molecular formula is C75H95N12O17S+. The number of nitrogens with two attached hydrogens (primary N) is 1. The minimum Gasteiger partial charge on any atom is -0.508 e. The maximum Gasteiger partial charge on any atom is 0.336 e. The quantitative estimate of drug-likeness (QED) is 0.0113. The summed E-state index contributed by atoms with van der Waals surface area (Å²) in [5.41, 5.74) is 8.42. The number of nitrogens with zero attached hydrogens (tertiary/aromatic N) is 1. The van der Waals surface area contributed by atoms with Crippen molar-refractivity contribution >= 4 is 99.1 Å². The summed E-state index contributed by atoms with van der Waals surface area (Å²) >= 11 is 5.51. The summed E-state index contributed by atoms with van der Waals surface area (Å²) in [5.74, 6) is -10.3. The molecule has 0 unspecified atom stereocenters. The van der Waals surface area contributed by atoms with E-state index in [0.717, 1.165) is 18.4 Å². The Morgan fingerprint density at radius 1 is 0.590 bits per heavy atom. The van der Waals surface area contributed by atoms with E-state index in [4.69, 9.17) is 22.4 Å². The Hall–Kier alpha value is -10.9. The fourth-order valence-electron chi connectivity index (χ4n) is 12.5. The van der Waals surface area contributed by atoms with E-state index in [-0.39, 0.29) is 83.8 Å². The second-order valence-corrected chi connectivity index (χ2v) is 27.6. The van der Waals surface area contributed by atoms with Crippen LogP contribution in [0.15, 0.2) is 124 Å². The molecule has 7 rings (SSSR count). The van der Waals surface area contributed by atoms with E-state index in [9.17, 15) is 78.0 Å². The number of unbranched alkanes of at least 4 members (excludes halogenated alkanes) is 2. The summed E-state index contributed by atoms with van der Waals surface area (Å²) in [7, 11) is 5.93. The molecule has 0 radical (unpaired) electrons. The first kappa shape index (κ1) is 81.4. The van der Waals surface area contributed by atoms with Gasteiger partial charge in [-0.05, 0) is 135 Å². The second kappa shape index (κ2) is 39.1. The van der Waals surface area contributed by atoms with E-state index >= 15 is 0 Å². The Bertz CT molecular complexity index is 4110. The number of benzene rings is 5. The van der Waals surface area contributed by atoms with Crippen LogP contribution in [-0.2, 0) is 60.8 Å². The molecule has 16 N–H and O–H groups in total. The van der Waals surface area contributed by atoms with Crippen molar-refractivity contribution in [3.8, 4) is 28.2 Å². The van der Waals surface area contributed by atoms with Crippen LogP contribution in [0, 0.1) is 5.92 Å². The average molecular weight is 1470 g/mol. The van der Waals surface area contributed by atoms with Crippen LogP contribution in [-0.4, -0.2) is 184 Å². The molecule has 105 heavy (non-hydrogen) atoms. The zero-order valence-corrected chi connectivity index (χ0v) is 60.2. The van der Waals surface area contributed by atoms with Crippen LogP contribution in [0.3, 0.4) is 0 Å². The van der Waals surface area contributed by atoms with Crippen molar-refractivity contribution in [1.82, 2.24) is 47.9 Å². The van der Waals surface area contributed by atoms with Gasteiger partial charge in [-0.3, -0.25) is 52.7 Å². The van der Waals surface area contributed by atoms with Crippen molar-refractivity contribution in [2.24, 2.45) is 11.7 Å². The van der Waals surface area contributed by atoms with Gasteiger partial charge in [0, 0.05) is 67.1 Å². The molecule has 0 bridgehead atoms. The monoisotopic (exact) mass is 1470 g/mol. The first-order valence-corrected chi connectivity index (χ1v) is 35.4. The maximum absolute atomic E-state index is 14.7. The van der Waals surface area contributed by atoms with Crippen LogP contribution < -0.4 is 64.3 Å². The minimum atomic E-state index is -1.78. The smallest absolute Gasteiger partial charge is 0.336 e. The predicted octanol–water partition coefficient (Wildman–Crippen LogP) is 3.63. The molecule has 0 spiro atoms. The largest absolute Gasteiger partial charge is 0.508 e. The van der Waals surface area contributed by atoms with Crippen LogP contribution >= 0.6 is 12.2 Å². The number of fused-ring (bicyclic) bond motifs is 2. The number of hydrogen-bond donors (Lipinski definition) is 15. The van der Waals surface area contributed by atoms with Crippen molar-refractivity contribution in [2.75, 3.05) is 46.2 Å². The molecule has 4 aromatic rings. The van der Waals surface area contributed by atoms with Gasteiger partial charge < -0.3 is 88.2 Å². The number of aromatic hydroxyl groups is 1. The molecule has 1 heterocycles. The molecule has 8 atom stereocenters. The number of aliphatic hydroxyl groups is 1. The van der Waals surface area contributed by atoms with E-state index in [2.05, 4.69) is 53.2 Å². The molecule has 1 fully saturated rings. The predicted molar refractivity (Wildman–Crippen MR) is 395 cm³/mol. The molecule has 30 heteroatoms. The number of carbonyl (C=O) groups excluding carboxylic acids is 9. The first-order chi connectivity index (χ1) is 50.0. The number of primary amides is 1. The number of amides is 9. The van der Waals surface area contributed by atoms with E-state index in [1.165, 1.54) is 43.3 Å². The third-order valence-electron chi connectivity index (χ3n) is 18.0. The maximum atomic E-state index is 14.7. The van der Waals surface area contributed by atoms with Gasteiger partial charge in [0.25, 0.3) is 0 Å². The number of thiocarbonyl (C=S) groups is 1. The molecule has 0 aromatic heterocycles. The van der Waals surface area contributed by atoms with Crippen LogP contribution in [0.4, 0.5) is 5.69 Å². The SMILES string of the molecule is CC[C@H](NC(=O)[C@H](Cc1ccccc1)NC(=O)[C@H](Cc1ccccc1)NC(C)=O)C(=O)N[C@H](C(=O)N[C@@H](CCCC[N+](C)(C)C)C(=O)N[C@@H](CO)C(=O)N[C@@H](CCC(=O)O)C(=O)N[C@@H](CCCCNC(=S)Nc1ccc(-c2c3ccc(=O)cc-3oc3cc(O)ccc23)c(C(=O)O)c1)C(N)=O)C1CCCC1. The van der Waals surface area contributed by atoms with Crippen molar-refractivity contribution < 1.29 is 82.1 Å². The molecule has 9 amide bonds. The second-order valence-electron chi connectivity index (χ2n) is 27.2. The molecule has 1 saturated carbocycles. The summed E-state index contributed by atoms with van der Waals surface area (Å²) in [6.07, 6.45) is 3.03. The van der Waals surface area contributed by atoms with Gasteiger partial charge in [-0.15, -0.1) is 0 Å². The number of hydrogen-bond acceptors (Lipinski definition) is 16. The average Bonchev–Trinajstić information content (AvgIpc) is 0.964. The standard InChI is InChI=1S/C75H94N12O17S/c1-6-54(80-71(99)59(38-45-21-11-8-12-22-45)84-70(98)58(78-43(2)89)37-44-19-9-7-10-20-44)67(95)86-65(46-23-13-14-24-46)73(101)83-56(26-16-18-36-87(3,4)5)68(96)85-60(42-88)72(100)82-57(33-34-63(92)93)69(97)81-55(66(76)94)25-15-17-35-77-75(105)79-47-27-30-50(53(39-47)74(102)103)64-51-31-28-48(90)40-61(51)104-62-41-49(91)29-32-52(62)64/h7-12,19-22,27-32,39-41,46,54-60,65,88H,6,13-18,23-26,33-38,42H2,1-5H3,(H14-,76,77,78,79,80,81,82,83,84,85,86,89,90,91,92,93,94,95,96,97,98,99,100,101,102,103,105)/p+1/t54-,55-,56-,57-,58-,59-,60-,65-/m0/s1. The topological polar surface area (TPSA) is 445 Å². The van der Waals surface area contributed by atoms with E-state index < -0.39 is 139 Å². The summed E-state index contributed by atoms with van der Waals surface area (Å²) < 4.78 is 6.49. The number of nitrogens with one attached hydrogen (secondary N) is 10. The highest BCUT2D eigenvalue weighted by atomic mass is 32.1. The van der Waals surface area contributed by atoms with Gasteiger partial charge in [0.15, 0.2) is 10.5 Å². The number of quaternary nitrogens is 1. The van der Waals surface area contributed by atoms with Gasteiger partial charge in [-0.2, -0.15) is 0 Å². The number of anilines is 1. The fraction of sp³-hybridized carbons (Fsp3) is 0.427. The van der Waals surface area contributed by atoms with Gasteiger partial charge in [0.2, 0.25) is 53.2 Å². The number of carboxylic acids is 2. The summed E-state index contributed by atoms with van der Waals surface area (Å²) in [6.45, 7) is 2.77. The number of carboxylic acid groups (broad SMARTS) is 2. The molecule has 4 aromatic carbocycles. The lowest BCUT2D eigenvalue weighted by molar-refractivity contribution is -0.870. The van der Waals surface area contributed by atoms with Gasteiger partial charge in [0.05, 0.1) is 39.9 Å². The minimum absolute atomic E-state index is 0.00753. The number of aliphatic carboxylic acids is 1. The van der Waals surface area contributed by atoms with Crippen molar-refractivity contribution in [1.29, 1.82) is 0 Å². The zero-order valence-electron chi connectivity index (χ0n) is 59.4. The Balaban J connectivity index is 0.975. The molecule has 2 aliphatic carbocycles. The lowest BCUT2D eigenvalue weighted by Gasteiger charge is -2.30. The van der Waals surface area contributed by atoms with Crippen molar-refractivity contribution in [3.63, 3.8) is 0 Å². The third-order valence-corrected chi connectivity index (χ3v) is 18.3. The highest BCUT2D eigenvalue weighted by Gasteiger charge is 2.38. The van der Waals surface area contributed by atoms with Crippen LogP contribution in [0.1, 0.15) is 119 Å². The number of aliphatic hydroxyl groups excluding tert-OH is 1. The Morgan fingerprint density at radius 3 is 1.71 bits per heavy atom. The fourth-order valence-corrected chi connectivity index (χ4v) is 12.7. The Morgan fingerprint density at radius 2 is 1.12 bits per heavy atom. The number of carbonyl (C=O) groups is 11. The molecule has 1 aliphatic heterocycles. The molecule has 3 aliphatic rings. The zero-order chi connectivity index (χ0) is 76.5. The normalized spacial score (nSPS) is 14.5. The van der Waals surface area contributed by atoms with Gasteiger partial charge in [0.1, 0.15) is 65.4 Å². The Labute approximate surface area is 612 Å². The third kappa shape index (κ3) is 24.9. The van der Waals surface area contributed by atoms with Crippen LogP contribution in [0.5, 0.6) is 5.75 Å². The van der Waals surface area contributed by atoms with Crippen molar-refractivity contribution in [3.05, 3.63) is 142 Å². The van der Waals surface area contributed by atoms with E-state index in [1.807, 2.05) is 27.2 Å². The van der Waals surface area contributed by atoms with E-state index in [0.29, 0.717) is 70.9 Å². The molecule has 0 saturated heterocycles. The highest BCUT2D eigenvalue weighted by molar-refractivity contribution is 7.80. The van der Waals surface area contributed by atoms with Crippen LogP contribution in [0.2, 0.25) is 0 Å². The Kier molecular flexibility index (Phi) is 30.4. The number of phenols is 1. The molecule has 562 valence electrons. The molecule has 29 nitrogen and oxygen atoms in total. The number of aromatic carboxylic acids is 1. The van der Waals surface area contributed by atoms with Crippen molar-refractivity contribution in [2.45, 2.75) is 158 Å². The summed E-state index contributed by atoms with van der Waals surface area (Å²) in [6, 6.07) is 20.0. The lowest BCUT2D eigenvalue weighted by Crippen LogP contribution is -2.61. The molecular weight excluding hydrogens is 1370 g/mol. The number of phenolic OH excluding ortho intramolecular Hbond substituents is 1.